The highest BCUT2D eigenvalue weighted by Crippen LogP contribution is 2.22. The average Bonchev–Trinajstić information content (AvgIpc) is 2.47. The summed E-state index contributed by atoms with van der Waals surface area (Å²) in [7, 11) is 0. The maximum absolute atomic E-state index is 13.3. The molecule has 0 saturated carbocycles. The summed E-state index contributed by atoms with van der Waals surface area (Å²) >= 11 is 5.69. The standard InChI is InChI=1S/C9H9ClFN3/c1-4(12)9-13-7-3-5(10)2-6(11)8(7)14-9/h2-4H,12H2,1H3,(H,13,14)/t4-/m1/s1. The summed E-state index contributed by atoms with van der Waals surface area (Å²) in [6.07, 6.45) is 0. The highest BCUT2D eigenvalue weighted by Gasteiger charge is 2.10. The van der Waals surface area contributed by atoms with Gasteiger partial charge in [-0.05, 0) is 19.1 Å². The van der Waals surface area contributed by atoms with Gasteiger partial charge in [0.15, 0.2) is 5.82 Å². The number of hydrogen-bond acceptors (Lipinski definition) is 2. The summed E-state index contributed by atoms with van der Waals surface area (Å²) in [5, 5.41) is 0.342. The third kappa shape index (κ3) is 1.47. The molecule has 0 aliphatic heterocycles. The number of halogens is 2. The highest BCUT2D eigenvalue weighted by molar-refractivity contribution is 6.31. The van der Waals surface area contributed by atoms with Crippen LogP contribution >= 0.6 is 11.6 Å². The molecular weight excluding hydrogens is 205 g/mol. The van der Waals surface area contributed by atoms with E-state index < -0.39 is 5.82 Å². The van der Waals surface area contributed by atoms with E-state index in [-0.39, 0.29) is 11.6 Å². The molecule has 74 valence electrons. The van der Waals surface area contributed by atoms with E-state index in [1.807, 2.05) is 0 Å². The molecule has 0 fully saturated rings. The van der Waals surface area contributed by atoms with E-state index in [9.17, 15) is 4.39 Å². The van der Waals surface area contributed by atoms with E-state index >= 15 is 0 Å². The van der Waals surface area contributed by atoms with Gasteiger partial charge >= 0.3 is 0 Å². The number of aromatic amines is 1. The Morgan fingerprint density at radius 3 is 2.93 bits per heavy atom. The molecule has 2 rings (SSSR count). The van der Waals surface area contributed by atoms with Gasteiger partial charge in [-0.3, -0.25) is 0 Å². The molecule has 0 amide bonds. The van der Waals surface area contributed by atoms with Gasteiger partial charge in [-0.2, -0.15) is 0 Å². The highest BCUT2D eigenvalue weighted by atomic mass is 35.5. The second-order valence-electron chi connectivity index (χ2n) is 3.19. The first-order valence-electron chi connectivity index (χ1n) is 4.18. The van der Waals surface area contributed by atoms with Crippen LogP contribution in [-0.2, 0) is 0 Å². The number of nitrogens with zero attached hydrogens (tertiary/aromatic N) is 1. The van der Waals surface area contributed by atoms with Crippen molar-refractivity contribution in [3.63, 3.8) is 0 Å². The third-order valence-electron chi connectivity index (χ3n) is 1.95. The Labute approximate surface area is 85.1 Å². The van der Waals surface area contributed by atoms with Crippen LogP contribution in [0.25, 0.3) is 11.0 Å². The van der Waals surface area contributed by atoms with Gasteiger partial charge in [0, 0.05) is 5.02 Å². The molecule has 2 aromatic rings. The maximum Gasteiger partial charge on any atom is 0.152 e. The number of nitrogens with two attached hydrogens (primary N) is 1. The average molecular weight is 214 g/mol. The van der Waals surface area contributed by atoms with Crippen LogP contribution in [0.5, 0.6) is 0 Å². The molecule has 0 radical (unpaired) electrons. The molecule has 1 aromatic heterocycles. The zero-order chi connectivity index (χ0) is 10.3. The Kier molecular flexibility index (Phi) is 2.17. The van der Waals surface area contributed by atoms with Gasteiger partial charge in [-0.15, -0.1) is 0 Å². The molecule has 5 heteroatoms. The van der Waals surface area contributed by atoms with Gasteiger partial charge in [0.2, 0.25) is 0 Å². The van der Waals surface area contributed by atoms with Crippen molar-refractivity contribution < 1.29 is 4.39 Å². The van der Waals surface area contributed by atoms with Gasteiger partial charge < -0.3 is 10.7 Å². The minimum Gasteiger partial charge on any atom is -0.341 e. The molecule has 3 N–H and O–H groups in total. The Morgan fingerprint density at radius 2 is 2.29 bits per heavy atom. The predicted octanol–water partition coefficient (Wildman–Crippen LogP) is 2.38. The van der Waals surface area contributed by atoms with E-state index in [1.54, 1.807) is 13.0 Å². The van der Waals surface area contributed by atoms with Gasteiger partial charge in [-0.25, -0.2) is 9.37 Å². The number of fused-ring (bicyclic) bond motifs is 1. The number of aromatic nitrogens is 2. The predicted molar refractivity (Wildman–Crippen MR) is 53.7 cm³/mol. The van der Waals surface area contributed by atoms with Crippen LogP contribution in [0.3, 0.4) is 0 Å². The summed E-state index contributed by atoms with van der Waals surface area (Å²) < 4.78 is 13.3. The van der Waals surface area contributed by atoms with Gasteiger partial charge in [0.25, 0.3) is 0 Å². The van der Waals surface area contributed by atoms with Crippen molar-refractivity contribution in [1.82, 2.24) is 9.97 Å². The number of rotatable bonds is 1. The molecule has 0 saturated heterocycles. The number of nitrogens with one attached hydrogen (secondary N) is 1. The van der Waals surface area contributed by atoms with Gasteiger partial charge in [0.1, 0.15) is 11.3 Å². The van der Waals surface area contributed by atoms with Gasteiger partial charge in [0.05, 0.1) is 11.6 Å². The molecular formula is C9H9ClFN3. The normalized spacial score (nSPS) is 13.4. The summed E-state index contributed by atoms with van der Waals surface area (Å²) in [4.78, 5) is 6.95. The molecule has 0 aliphatic rings. The monoisotopic (exact) mass is 213 g/mol. The lowest BCUT2D eigenvalue weighted by Crippen LogP contribution is -2.06. The molecule has 0 aliphatic carbocycles. The van der Waals surface area contributed by atoms with Crippen LogP contribution in [-0.4, -0.2) is 9.97 Å². The Bertz CT molecular complexity index is 478. The lowest BCUT2D eigenvalue weighted by Gasteiger charge is -1.96. The first-order valence-corrected chi connectivity index (χ1v) is 4.56. The lowest BCUT2D eigenvalue weighted by atomic mass is 10.3. The number of benzene rings is 1. The van der Waals surface area contributed by atoms with Crippen molar-refractivity contribution in [3.8, 4) is 0 Å². The fraction of sp³-hybridized carbons (Fsp3) is 0.222. The number of H-pyrrole nitrogens is 1. The third-order valence-corrected chi connectivity index (χ3v) is 2.17. The Morgan fingerprint density at radius 1 is 1.57 bits per heavy atom. The van der Waals surface area contributed by atoms with Crippen molar-refractivity contribution >= 4 is 22.6 Å². The Balaban J connectivity index is 2.70. The van der Waals surface area contributed by atoms with Crippen LogP contribution in [0, 0.1) is 5.82 Å². The summed E-state index contributed by atoms with van der Waals surface area (Å²) in [5.74, 6) is 0.122. The minimum atomic E-state index is -0.435. The largest absolute Gasteiger partial charge is 0.341 e. The van der Waals surface area contributed by atoms with Gasteiger partial charge in [-0.1, -0.05) is 11.6 Å². The van der Waals surface area contributed by atoms with Crippen LogP contribution in [0.2, 0.25) is 5.02 Å². The Hall–Kier alpha value is -1.13. The van der Waals surface area contributed by atoms with E-state index in [2.05, 4.69) is 9.97 Å². The lowest BCUT2D eigenvalue weighted by molar-refractivity contribution is 0.636. The van der Waals surface area contributed by atoms with Crippen molar-refractivity contribution in [2.24, 2.45) is 5.73 Å². The zero-order valence-electron chi connectivity index (χ0n) is 7.51. The summed E-state index contributed by atoms with van der Waals surface area (Å²) in [6, 6.07) is 2.61. The smallest absolute Gasteiger partial charge is 0.152 e. The van der Waals surface area contributed by atoms with Crippen molar-refractivity contribution in [1.29, 1.82) is 0 Å². The van der Waals surface area contributed by atoms with E-state index in [0.717, 1.165) is 0 Å². The van der Waals surface area contributed by atoms with Crippen molar-refractivity contribution in [2.75, 3.05) is 0 Å². The number of imidazole rings is 1. The molecule has 0 bridgehead atoms. The first-order chi connectivity index (χ1) is 6.58. The van der Waals surface area contributed by atoms with E-state index in [1.165, 1.54) is 6.07 Å². The van der Waals surface area contributed by atoms with E-state index in [4.69, 9.17) is 17.3 Å². The zero-order valence-corrected chi connectivity index (χ0v) is 8.27. The molecule has 14 heavy (non-hydrogen) atoms. The summed E-state index contributed by atoms with van der Waals surface area (Å²) in [5.41, 5.74) is 6.47. The minimum absolute atomic E-state index is 0.249. The fourth-order valence-electron chi connectivity index (χ4n) is 1.28. The SMILES string of the molecule is C[C@@H](N)c1nc2c(F)cc(Cl)cc2[nH]1. The molecule has 1 atom stereocenters. The molecule has 0 spiro atoms. The maximum atomic E-state index is 13.3. The van der Waals surface area contributed by atoms with Crippen LogP contribution in [0.15, 0.2) is 12.1 Å². The number of hydrogen-bond donors (Lipinski definition) is 2. The second kappa shape index (κ2) is 3.22. The van der Waals surface area contributed by atoms with Crippen molar-refractivity contribution in [3.05, 3.63) is 28.8 Å². The molecule has 0 unspecified atom stereocenters. The topological polar surface area (TPSA) is 54.7 Å². The van der Waals surface area contributed by atoms with Crippen molar-refractivity contribution in [2.45, 2.75) is 13.0 Å². The molecule has 1 aromatic carbocycles. The second-order valence-corrected chi connectivity index (χ2v) is 3.63. The first kappa shape index (κ1) is 9.43. The molecule has 1 heterocycles. The fourth-order valence-corrected chi connectivity index (χ4v) is 1.48. The van der Waals surface area contributed by atoms with Crippen LogP contribution < -0.4 is 5.73 Å². The quantitative estimate of drug-likeness (QED) is 0.764. The van der Waals surface area contributed by atoms with E-state index in [0.29, 0.717) is 16.4 Å². The van der Waals surface area contributed by atoms with Crippen LogP contribution in [0.4, 0.5) is 4.39 Å². The molecule has 3 nitrogen and oxygen atoms in total. The van der Waals surface area contributed by atoms with Crippen LogP contribution in [0.1, 0.15) is 18.8 Å². The summed E-state index contributed by atoms with van der Waals surface area (Å²) in [6.45, 7) is 1.78.